The summed E-state index contributed by atoms with van der Waals surface area (Å²) in [4.78, 5) is 7.14. The second kappa shape index (κ2) is 13.6. The maximum Gasteiger partial charge on any atom is 0.417 e. The first-order valence-electron chi connectivity index (χ1n) is 12.8. The molecule has 0 fully saturated rings. The average molecular weight is 559 g/mol. The fraction of sp³-hybridized carbons (Fsp3) is 0.552. The SMILES string of the molecule is C=C(Cl)/C=C(C)\C(OCC)=C(/C)C(C)(C)CC(O)(Cc1cc2cc(OC(C)C)ncc2[nH]1)C(F)(F)F.CC. The van der Waals surface area contributed by atoms with Crippen molar-refractivity contribution in [3.8, 4) is 5.88 Å². The van der Waals surface area contributed by atoms with Crippen LogP contribution in [0, 0.1) is 5.41 Å². The van der Waals surface area contributed by atoms with Gasteiger partial charge < -0.3 is 19.6 Å². The molecule has 0 aliphatic heterocycles. The van der Waals surface area contributed by atoms with Crippen LogP contribution in [0.4, 0.5) is 13.2 Å². The summed E-state index contributed by atoms with van der Waals surface area (Å²) in [7, 11) is 0. The van der Waals surface area contributed by atoms with Gasteiger partial charge in [0, 0.05) is 28.6 Å². The molecule has 9 heteroatoms. The number of allylic oxidation sites excluding steroid dienone is 4. The molecule has 2 rings (SSSR count). The lowest BCUT2D eigenvalue weighted by Gasteiger charge is -2.39. The molecule has 0 spiro atoms. The number of fused-ring (bicyclic) bond motifs is 1. The van der Waals surface area contributed by atoms with Gasteiger partial charge in [-0.25, -0.2) is 4.98 Å². The topological polar surface area (TPSA) is 67.4 Å². The quantitative estimate of drug-likeness (QED) is 0.214. The minimum atomic E-state index is -4.88. The lowest BCUT2D eigenvalue weighted by atomic mass is 9.72. The summed E-state index contributed by atoms with van der Waals surface area (Å²) in [5, 5.41) is 12.0. The lowest BCUT2D eigenvalue weighted by Crippen LogP contribution is -2.50. The van der Waals surface area contributed by atoms with Crippen LogP contribution in [0.2, 0.25) is 0 Å². The Balaban J connectivity index is 0.00000352. The molecule has 2 heterocycles. The standard InChI is InChI=1S/C27H36ClF3N2O3.C2H6/c1-9-35-24(17(4)10-18(5)28)19(6)25(7,8)15-26(34,27(29,30)31)13-21-11-20-12-23(36-16(2)3)32-14-22(20)33-21;1-2/h10-12,14,16,33-34H,5,9,13,15H2,1-4,6-8H3;1-2H3/b17-10-,24-19-;. The highest BCUT2D eigenvalue weighted by Crippen LogP contribution is 2.46. The van der Waals surface area contributed by atoms with E-state index >= 15 is 0 Å². The van der Waals surface area contributed by atoms with Crippen molar-refractivity contribution in [3.05, 3.63) is 58.6 Å². The van der Waals surface area contributed by atoms with E-state index in [-0.39, 0.29) is 16.8 Å². The second-order valence-corrected chi connectivity index (χ2v) is 10.5. The van der Waals surface area contributed by atoms with Gasteiger partial charge in [-0.15, -0.1) is 0 Å². The number of alkyl halides is 3. The van der Waals surface area contributed by atoms with Gasteiger partial charge in [0.15, 0.2) is 5.60 Å². The predicted octanol–water partition coefficient (Wildman–Crippen LogP) is 8.64. The fourth-order valence-corrected chi connectivity index (χ4v) is 4.35. The van der Waals surface area contributed by atoms with Crippen molar-refractivity contribution in [2.75, 3.05) is 6.61 Å². The van der Waals surface area contributed by atoms with Gasteiger partial charge >= 0.3 is 6.18 Å². The normalized spacial score (nSPS) is 15.0. The Hall–Kier alpha value is -2.45. The van der Waals surface area contributed by atoms with Crippen LogP contribution in [-0.2, 0) is 11.2 Å². The number of aromatic nitrogens is 2. The molecule has 2 aromatic heterocycles. The molecule has 0 aliphatic carbocycles. The van der Waals surface area contributed by atoms with Crippen LogP contribution < -0.4 is 4.74 Å². The van der Waals surface area contributed by atoms with Gasteiger partial charge in [0.05, 0.1) is 24.4 Å². The first-order valence-corrected chi connectivity index (χ1v) is 13.2. The van der Waals surface area contributed by atoms with Gasteiger partial charge in [-0.1, -0.05) is 45.9 Å². The molecule has 2 aromatic rings. The zero-order valence-electron chi connectivity index (χ0n) is 23.9. The zero-order valence-corrected chi connectivity index (χ0v) is 24.7. The predicted molar refractivity (Wildman–Crippen MR) is 149 cm³/mol. The molecular weight excluding hydrogens is 517 g/mol. The van der Waals surface area contributed by atoms with Crippen molar-refractivity contribution in [1.82, 2.24) is 9.97 Å². The van der Waals surface area contributed by atoms with E-state index in [0.717, 1.165) is 0 Å². The van der Waals surface area contributed by atoms with Crippen LogP contribution in [0.1, 0.15) is 74.4 Å². The number of nitrogens with one attached hydrogen (secondary N) is 1. The minimum Gasteiger partial charge on any atom is -0.494 e. The molecule has 1 atom stereocenters. The van der Waals surface area contributed by atoms with Crippen LogP contribution in [0.25, 0.3) is 10.9 Å². The number of H-pyrrole nitrogens is 1. The largest absolute Gasteiger partial charge is 0.494 e. The van der Waals surface area contributed by atoms with E-state index in [1.54, 1.807) is 52.8 Å². The molecule has 1 unspecified atom stereocenters. The summed E-state index contributed by atoms with van der Waals surface area (Å²) in [5.41, 5.74) is -2.08. The number of aromatic amines is 1. The molecule has 0 amide bonds. The van der Waals surface area contributed by atoms with Crippen LogP contribution in [0.5, 0.6) is 5.88 Å². The number of nitrogens with zero attached hydrogens (tertiary/aromatic N) is 1. The first-order chi connectivity index (χ1) is 17.5. The third kappa shape index (κ3) is 8.80. The summed E-state index contributed by atoms with van der Waals surface area (Å²) in [6.45, 7) is 20.2. The molecule has 214 valence electrons. The molecule has 0 aromatic carbocycles. The summed E-state index contributed by atoms with van der Waals surface area (Å²) < 4.78 is 54.4. The Morgan fingerprint density at radius 1 is 1.21 bits per heavy atom. The highest BCUT2D eigenvalue weighted by molar-refractivity contribution is 6.30. The van der Waals surface area contributed by atoms with Crippen LogP contribution in [0.3, 0.4) is 0 Å². The van der Waals surface area contributed by atoms with Crippen molar-refractivity contribution < 1.29 is 27.8 Å². The molecule has 0 bridgehead atoms. The molecule has 0 radical (unpaired) electrons. The maximum absolute atomic E-state index is 14.3. The number of ether oxygens (including phenoxy) is 2. The van der Waals surface area contributed by atoms with E-state index in [1.165, 1.54) is 6.20 Å². The number of halogens is 4. The monoisotopic (exact) mass is 558 g/mol. The summed E-state index contributed by atoms with van der Waals surface area (Å²) >= 11 is 5.91. The van der Waals surface area contributed by atoms with Gasteiger partial charge in [0.2, 0.25) is 5.88 Å². The summed E-state index contributed by atoms with van der Waals surface area (Å²) in [6, 6.07) is 3.24. The number of hydrogen-bond acceptors (Lipinski definition) is 4. The van der Waals surface area contributed by atoms with Crippen molar-refractivity contribution in [3.63, 3.8) is 0 Å². The van der Waals surface area contributed by atoms with E-state index in [4.69, 9.17) is 21.1 Å². The van der Waals surface area contributed by atoms with Crippen molar-refractivity contribution in [1.29, 1.82) is 0 Å². The maximum atomic E-state index is 14.3. The zero-order chi connectivity index (χ0) is 29.5. The van der Waals surface area contributed by atoms with Crippen LogP contribution in [0.15, 0.2) is 52.9 Å². The van der Waals surface area contributed by atoms with Crippen molar-refractivity contribution in [2.45, 2.75) is 93.0 Å². The average Bonchev–Trinajstić information content (AvgIpc) is 3.17. The number of rotatable bonds is 11. The van der Waals surface area contributed by atoms with Crippen molar-refractivity contribution >= 4 is 22.5 Å². The Morgan fingerprint density at radius 2 is 1.82 bits per heavy atom. The van der Waals surface area contributed by atoms with E-state index in [1.807, 2.05) is 27.7 Å². The lowest BCUT2D eigenvalue weighted by molar-refractivity contribution is -0.268. The van der Waals surface area contributed by atoms with E-state index in [2.05, 4.69) is 16.5 Å². The van der Waals surface area contributed by atoms with E-state index in [0.29, 0.717) is 40.3 Å². The molecule has 2 N–H and O–H groups in total. The fourth-order valence-electron chi connectivity index (χ4n) is 4.18. The third-order valence-corrected chi connectivity index (χ3v) is 6.12. The minimum absolute atomic E-state index is 0.0928. The Kier molecular flexibility index (Phi) is 12.0. The summed E-state index contributed by atoms with van der Waals surface area (Å²) in [6.07, 6.45) is -3.11. The number of pyridine rings is 1. The smallest absolute Gasteiger partial charge is 0.417 e. The van der Waals surface area contributed by atoms with Crippen molar-refractivity contribution in [2.24, 2.45) is 5.41 Å². The third-order valence-electron chi connectivity index (χ3n) is 6.01. The molecule has 5 nitrogen and oxygen atoms in total. The van der Waals surface area contributed by atoms with E-state index < -0.39 is 30.0 Å². The Morgan fingerprint density at radius 3 is 2.32 bits per heavy atom. The van der Waals surface area contributed by atoms with Gasteiger partial charge in [0.25, 0.3) is 0 Å². The van der Waals surface area contributed by atoms with Crippen LogP contribution >= 0.6 is 11.6 Å². The summed E-state index contributed by atoms with van der Waals surface area (Å²) in [5.74, 6) is 0.811. The second-order valence-electron chi connectivity index (χ2n) is 10.00. The van der Waals surface area contributed by atoms with Gasteiger partial charge in [-0.05, 0) is 69.7 Å². The Labute approximate surface area is 229 Å². The number of hydrogen-bond donors (Lipinski definition) is 2. The molecular formula is C29H42ClF3N2O3. The molecule has 0 saturated heterocycles. The first kappa shape index (κ1) is 33.6. The highest BCUT2D eigenvalue weighted by atomic mass is 35.5. The van der Waals surface area contributed by atoms with E-state index in [9.17, 15) is 18.3 Å². The highest BCUT2D eigenvalue weighted by Gasteiger charge is 2.56. The van der Waals surface area contributed by atoms with Gasteiger partial charge in [0.1, 0.15) is 5.76 Å². The molecule has 0 aliphatic rings. The Bertz CT molecular complexity index is 1150. The molecule has 38 heavy (non-hydrogen) atoms. The number of aliphatic hydroxyl groups is 1. The molecule has 0 saturated carbocycles. The van der Waals surface area contributed by atoms with Gasteiger partial charge in [-0.2, -0.15) is 13.2 Å². The van der Waals surface area contributed by atoms with Crippen LogP contribution in [-0.4, -0.2) is 39.6 Å². The van der Waals surface area contributed by atoms with Gasteiger partial charge in [-0.3, -0.25) is 0 Å².